The van der Waals surface area contributed by atoms with Gasteiger partial charge in [-0.25, -0.2) is 9.97 Å². The lowest BCUT2D eigenvalue weighted by Crippen LogP contribution is -2.07. The van der Waals surface area contributed by atoms with E-state index in [1.54, 1.807) is 26.4 Å². The van der Waals surface area contributed by atoms with Crippen LogP contribution in [0.4, 0.5) is 5.82 Å². The van der Waals surface area contributed by atoms with E-state index in [-0.39, 0.29) is 0 Å². The van der Waals surface area contributed by atoms with E-state index in [9.17, 15) is 0 Å². The molecule has 0 saturated heterocycles. The summed E-state index contributed by atoms with van der Waals surface area (Å²) in [4.78, 5) is 8.64. The Balaban J connectivity index is 1.53. The van der Waals surface area contributed by atoms with Crippen molar-refractivity contribution in [1.29, 1.82) is 0 Å². The van der Waals surface area contributed by atoms with Crippen molar-refractivity contribution in [3.8, 4) is 22.8 Å². The molecule has 0 saturated carbocycles. The van der Waals surface area contributed by atoms with E-state index >= 15 is 0 Å². The number of hydrogen-bond donors (Lipinski definition) is 1. The molecule has 0 unspecified atom stereocenters. The van der Waals surface area contributed by atoms with Gasteiger partial charge in [0, 0.05) is 23.2 Å². The number of aromatic nitrogens is 3. The van der Waals surface area contributed by atoms with E-state index in [2.05, 4.69) is 20.4 Å². The Morgan fingerprint density at radius 2 is 1.86 bits per heavy atom. The summed E-state index contributed by atoms with van der Waals surface area (Å²) >= 11 is 5.97. The number of nitrogens with one attached hydrogen (secondary N) is 1. The number of anilines is 1. The second kappa shape index (κ2) is 8.36. The molecule has 0 amide bonds. The minimum absolute atomic E-state index is 0.513. The van der Waals surface area contributed by atoms with E-state index in [1.165, 1.54) is 6.33 Å². The van der Waals surface area contributed by atoms with Gasteiger partial charge in [0.05, 0.1) is 14.2 Å². The van der Waals surface area contributed by atoms with Crippen LogP contribution in [0.15, 0.2) is 53.3 Å². The fraction of sp³-hybridized carbons (Fsp3) is 0.190. The van der Waals surface area contributed by atoms with Gasteiger partial charge in [-0.05, 0) is 30.2 Å². The van der Waals surface area contributed by atoms with Crippen LogP contribution in [-0.4, -0.2) is 35.9 Å². The highest BCUT2D eigenvalue weighted by molar-refractivity contribution is 6.30. The molecule has 2 heterocycles. The third kappa shape index (κ3) is 3.95. The molecule has 7 nitrogen and oxygen atoms in total. The summed E-state index contributed by atoms with van der Waals surface area (Å²) in [7, 11) is 3.28. The molecule has 4 aromatic rings. The zero-order valence-corrected chi connectivity index (χ0v) is 16.7. The molecular formula is C21H19ClN4O3. The molecule has 2 aromatic carbocycles. The van der Waals surface area contributed by atoms with Gasteiger partial charge in [0.15, 0.2) is 5.82 Å². The van der Waals surface area contributed by atoms with E-state index in [1.807, 2.05) is 30.3 Å². The number of benzene rings is 2. The second-order valence-corrected chi connectivity index (χ2v) is 6.73. The minimum Gasteiger partial charge on any atom is -0.497 e. The monoisotopic (exact) mass is 410 g/mol. The highest BCUT2D eigenvalue weighted by Crippen LogP contribution is 2.30. The molecule has 1 N–H and O–H groups in total. The Kier molecular flexibility index (Phi) is 5.48. The molecule has 0 atom stereocenters. The first-order valence-corrected chi connectivity index (χ1v) is 9.38. The van der Waals surface area contributed by atoms with E-state index in [4.69, 9.17) is 25.6 Å². The average Bonchev–Trinajstić information content (AvgIpc) is 3.19. The zero-order chi connectivity index (χ0) is 20.2. The van der Waals surface area contributed by atoms with Crippen LogP contribution in [-0.2, 0) is 6.42 Å². The number of methoxy groups -OCH3 is 2. The summed E-state index contributed by atoms with van der Waals surface area (Å²) in [5, 5.41) is 8.13. The van der Waals surface area contributed by atoms with Crippen LogP contribution in [0.1, 0.15) is 5.56 Å². The van der Waals surface area contributed by atoms with E-state index in [0.29, 0.717) is 34.2 Å². The SMILES string of the molecule is COc1ccc(CCNc2ncnc3c(-c4ccc(Cl)cc4)noc23)c(OC)c1. The predicted octanol–water partition coefficient (Wildman–Crippen LogP) is 4.61. The largest absolute Gasteiger partial charge is 0.497 e. The second-order valence-electron chi connectivity index (χ2n) is 6.29. The number of nitrogens with zero attached hydrogens (tertiary/aromatic N) is 3. The standard InChI is InChI=1S/C21H19ClN4O3/c1-27-16-8-5-13(17(11-16)28-2)9-10-23-21-20-19(24-12-25-21)18(26-29-20)14-3-6-15(22)7-4-14/h3-8,11-12H,9-10H2,1-2H3,(H,23,24,25). The lowest BCUT2D eigenvalue weighted by molar-refractivity contribution is 0.391. The first-order chi connectivity index (χ1) is 14.2. The topological polar surface area (TPSA) is 82.3 Å². The molecule has 29 heavy (non-hydrogen) atoms. The number of rotatable bonds is 7. The smallest absolute Gasteiger partial charge is 0.228 e. The molecule has 0 radical (unpaired) electrons. The van der Waals surface area contributed by atoms with Crippen molar-refractivity contribution in [2.75, 3.05) is 26.1 Å². The number of ether oxygens (including phenoxy) is 2. The van der Waals surface area contributed by atoms with Crippen LogP contribution in [0.5, 0.6) is 11.5 Å². The lowest BCUT2D eigenvalue weighted by Gasteiger charge is -2.11. The normalized spacial score (nSPS) is 10.9. The van der Waals surface area contributed by atoms with Gasteiger partial charge in [0.25, 0.3) is 0 Å². The van der Waals surface area contributed by atoms with Crippen molar-refractivity contribution in [2.45, 2.75) is 6.42 Å². The van der Waals surface area contributed by atoms with Crippen molar-refractivity contribution >= 4 is 28.5 Å². The quantitative estimate of drug-likeness (QED) is 0.476. The maximum absolute atomic E-state index is 5.97. The van der Waals surface area contributed by atoms with Crippen molar-refractivity contribution in [3.05, 3.63) is 59.4 Å². The fourth-order valence-electron chi connectivity index (χ4n) is 3.06. The first-order valence-electron chi connectivity index (χ1n) is 9.00. The first kappa shape index (κ1) is 19.0. The summed E-state index contributed by atoms with van der Waals surface area (Å²) in [6, 6.07) is 13.1. The Bertz CT molecular complexity index is 1130. The molecule has 8 heteroatoms. The minimum atomic E-state index is 0.513. The van der Waals surface area contributed by atoms with E-state index < -0.39 is 0 Å². The summed E-state index contributed by atoms with van der Waals surface area (Å²) in [6.45, 7) is 0.631. The number of hydrogen-bond acceptors (Lipinski definition) is 7. The van der Waals surface area contributed by atoms with Crippen molar-refractivity contribution in [3.63, 3.8) is 0 Å². The van der Waals surface area contributed by atoms with Gasteiger partial charge in [-0.15, -0.1) is 0 Å². The molecule has 2 aromatic heterocycles. The third-order valence-electron chi connectivity index (χ3n) is 4.56. The Hall–Kier alpha value is -3.32. The molecule has 0 bridgehead atoms. The molecule has 0 fully saturated rings. The van der Waals surface area contributed by atoms with Crippen LogP contribution in [0, 0.1) is 0 Å². The highest BCUT2D eigenvalue weighted by Gasteiger charge is 2.16. The van der Waals surface area contributed by atoms with E-state index in [0.717, 1.165) is 29.0 Å². The van der Waals surface area contributed by atoms with Crippen LogP contribution < -0.4 is 14.8 Å². The van der Waals surface area contributed by atoms with Gasteiger partial charge >= 0.3 is 0 Å². The number of halogens is 1. The molecule has 0 aliphatic carbocycles. The molecule has 148 valence electrons. The molecule has 0 aliphatic heterocycles. The summed E-state index contributed by atoms with van der Waals surface area (Å²) in [5.41, 5.74) is 3.75. The van der Waals surface area contributed by atoms with Crippen LogP contribution in [0.25, 0.3) is 22.4 Å². The molecule has 0 spiro atoms. The average molecular weight is 411 g/mol. The highest BCUT2D eigenvalue weighted by atomic mass is 35.5. The van der Waals surface area contributed by atoms with Gasteiger partial charge in [0.1, 0.15) is 29.0 Å². The van der Waals surface area contributed by atoms with Crippen LogP contribution >= 0.6 is 11.6 Å². The van der Waals surface area contributed by atoms with Crippen LogP contribution in [0.2, 0.25) is 5.02 Å². The van der Waals surface area contributed by atoms with Gasteiger partial charge in [0.2, 0.25) is 5.58 Å². The van der Waals surface area contributed by atoms with Gasteiger partial charge in [-0.1, -0.05) is 35.0 Å². The van der Waals surface area contributed by atoms with Gasteiger partial charge in [-0.3, -0.25) is 0 Å². The maximum atomic E-state index is 5.97. The van der Waals surface area contributed by atoms with Gasteiger partial charge < -0.3 is 19.3 Å². The Morgan fingerprint density at radius 3 is 2.62 bits per heavy atom. The Labute approximate surface area is 172 Å². The number of fused-ring (bicyclic) bond motifs is 1. The molecular weight excluding hydrogens is 392 g/mol. The Morgan fingerprint density at radius 1 is 1.03 bits per heavy atom. The third-order valence-corrected chi connectivity index (χ3v) is 4.81. The maximum Gasteiger partial charge on any atom is 0.228 e. The van der Waals surface area contributed by atoms with Crippen LogP contribution in [0.3, 0.4) is 0 Å². The fourth-order valence-corrected chi connectivity index (χ4v) is 3.19. The van der Waals surface area contributed by atoms with Crippen molar-refractivity contribution in [1.82, 2.24) is 15.1 Å². The van der Waals surface area contributed by atoms with Gasteiger partial charge in [-0.2, -0.15) is 0 Å². The van der Waals surface area contributed by atoms with Crippen molar-refractivity contribution < 1.29 is 14.0 Å². The summed E-state index contributed by atoms with van der Waals surface area (Å²) in [5.74, 6) is 2.13. The van der Waals surface area contributed by atoms with Crippen molar-refractivity contribution in [2.24, 2.45) is 0 Å². The molecule has 0 aliphatic rings. The zero-order valence-electron chi connectivity index (χ0n) is 16.0. The molecule has 4 rings (SSSR count). The summed E-state index contributed by atoms with van der Waals surface area (Å²) < 4.78 is 16.2. The summed E-state index contributed by atoms with van der Waals surface area (Å²) in [6.07, 6.45) is 2.23. The predicted molar refractivity (Wildman–Crippen MR) is 112 cm³/mol. The lowest BCUT2D eigenvalue weighted by atomic mass is 10.1.